The Balaban J connectivity index is 2.26. The van der Waals surface area contributed by atoms with E-state index in [2.05, 4.69) is 5.32 Å². The number of ether oxygens (including phenoxy) is 1. The van der Waals surface area contributed by atoms with Crippen molar-refractivity contribution in [2.45, 2.75) is 6.42 Å². The summed E-state index contributed by atoms with van der Waals surface area (Å²) in [6, 6.07) is 12.5. The van der Waals surface area contributed by atoms with Gasteiger partial charge in [-0.15, -0.1) is 0 Å². The van der Waals surface area contributed by atoms with Crippen molar-refractivity contribution in [1.82, 2.24) is 0 Å². The Morgan fingerprint density at radius 1 is 1.29 bits per heavy atom. The van der Waals surface area contributed by atoms with E-state index in [1.807, 2.05) is 18.2 Å². The zero-order valence-electron chi connectivity index (χ0n) is 11.7. The van der Waals surface area contributed by atoms with Crippen LogP contribution in [0.2, 0.25) is 5.02 Å². The number of nitrogens with two attached hydrogens (primary N) is 1. The van der Waals surface area contributed by atoms with Gasteiger partial charge in [-0.1, -0.05) is 29.8 Å². The third-order valence-corrected chi connectivity index (χ3v) is 3.43. The summed E-state index contributed by atoms with van der Waals surface area (Å²) in [5, 5.41) is 3.27. The van der Waals surface area contributed by atoms with Crippen LogP contribution in [0, 0.1) is 0 Å². The van der Waals surface area contributed by atoms with Gasteiger partial charge in [0.1, 0.15) is 5.75 Å². The standard InChI is InChI=1S/C16H17ClN2O2/c1-21-12-6-7-14(17)15(10-12)19-16(20)13-5-3-2-4-11(13)8-9-18/h2-7,10H,8-9,18H2,1H3,(H,19,20). The minimum Gasteiger partial charge on any atom is -0.497 e. The molecule has 2 aromatic rings. The summed E-state index contributed by atoms with van der Waals surface area (Å²) < 4.78 is 5.13. The SMILES string of the molecule is COc1ccc(Cl)c(NC(=O)c2ccccc2CCN)c1. The number of rotatable bonds is 5. The van der Waals surface area contributed by atoms with Crippen molar-refractivity contribution >= 4 is 23.2 Å². The highest BCUT2D eigenvalue weighted by molar-refractivity contribution is 6.34. The van der Waals surface area contributed by atoms with Gasteiger partial charge in [0, 0.05) is 11.6 Å². The molecule has 0 aliphatic rings. The summed E-state index contributed by atoms with van der Waals surface area (Å²) in [4.78, 5) is 12.4. The highest BCUT2D eigenvalue weighted by Gasteiger charge is 2.12. The average molecular weight is 305 g/mol. The van der Waals surface area contributed by atoms with E-state index >= 15 is 0 Å². The van der Waals surface area contributed by atoms with Gasteiger partial charge in [0.15, 0.2) is 0 Å². The second-order valence-corrected chi connectivity index (χ2v) is 4.90. The number of anilines is 1. The molecule has 0 heterocycles. The van der Waals surface area contributed by atoms with Crippen LogP contribution in [0.5, 0.6) is 5.75 Å². The maximum absolute atomic E-state index is 12.4. The number of methoxy groups -OCH3 is 1. The first-order valence-corrected chi connectivity index (χ1v) is 6.96. The number of hydrogen-bond donors (Lipinski definition) is 2. The quantitative estimate of drug-likeness (QED) is 0.892. The second kappa shape index (κ2) is 7.11. The molecular weight excluding hydrogens is 288 g/mol. The highest BCUT2D eigenvalue weighted by atomic mass is 35.5. The summed E-state index contributed by atoms with van der Waals surface area (Å²) in [6.45, 7) is 0.490. The number of hydrogen-bond acceptors (Lipinski definition) is 3. The Morgan fingerprint density at radius 3 is 2.76 bits per heavy atom. The lowest BCUT2D eigenvalue weighted by Crippen LogP contribution is -2.16. The monoisotopic (exact) mass is 304 g/mol. The molecule has 0 saturated heterocycles. The van der Waals surface area contributed by atoms with E-state index in [9.17, 15) is 4.79 Å². The van der Waals surface area contributed by atoms with Crippen molar-refractivity contribution in [3.05, 3.63) is 58.6 Å². The Bertz CT molecular complexity index is 644. The first-order chi connectivity index (χ1) is 10.2. The molecule has 21 heavy (non-hydrogen) atoms. The van der Waals surface area contributed by atoms with Crippen molar-refractivity contribution in [3.63, 3.8) is 0 Å². The zero-order chi connectivity index (χ0) is 15.2. The minimum absolute atomic E-state index is 0.214. The average Bonchev–Trinajstić information content (AvgIpc) is 2.50. The highest BCUT2D eigenvalue weighted by Crippen LogP contribution is 2.27. The molecule has 1 amide bonds. The molecule has 4 nitrogen and oxygen atoms in total. The van der Waals surface area contributed by atoms with Gasteiger partial charge < -0.3 is 15.8 Å². The van der Waals surface area contributed by atoms with Crippen molar-refractivity contribution in [3.8, 4) is 5.75 Å². The number of halogens is 1. The summed E-state index contributed by atoms with van der Waals surface area (Å²) >= 11 is 6.10. The Hall–Kier alpha value is -2.04. The van der Waals surface area contributed by atoms with Gasteiger partial charge in [0.2, 0.25) is 0 Å². The Morgan fingerprint density at radius 2 is 2.05 bits per heavy atom. The summed E-state index contributed by atoms with van der Waals surface area (Å²) in [7, 11) is 1.56. The maximum Gasteiger partial charge on any atom is 0.255 e. The summed E-state index contributed by atoms with van der Waals surface area (Å²) in [5.74, 6) is 0.416. The van der Waals surface area contributed by atoms with Gasteiger partial charge in [-0.25, -0.2) is 0 Å². The van der Waals surface area contributed by atoms with Gasteiger partial charge in [0.25, 0.3) is 5.91 Å². The number of carbonyl (C=O) groups is 1. The van der Waals surface area contributed by atoms with Gasteiger partial charge in [-0.05, 0) is 36.7 Å². The molecule has 3 N–H and O–H groups in total. The first-order valence-electron chi connectivity index (χ1n) is 6.58. The molecule has 0 saturated carbocycles. The molecule has 5 heteroatoms. The van der Waals surface area contributed by atoms with Crippen molar-refractivity contribution < 1.29 is 9.53 Å². The topological polar surface area (TPSA) is 64.3 Å². The third-order valence-electron chi connectivity index (χ3n) is 3.10. The molecule has 0 unspecified atom stereocenters. The lowest BCUT2D eigenvalue weighted by Gasteiger charge is -2.11. The van der Waals surface area contributed by atoms with Crippen LogP contribution in [-0.4, -0.2) is 19.6 Å². The summed E-state index contributed by atoms with van der Waals surface area (Å²) in [5.41, 5.74) is 7.60. The molecule has 2 aromatic carbocycles. The molecule has 0 aliphatic heterocycles. The fourth-order valence-corrected chi connectivity index (χ4v) is 2.20. The van der Waals surface area contributed by atoms with Crippen molar-refractivity contribution in [2.75, 3.05) is 19.0 Å². The maximum atomic E-state index is 12.4. The largest absolute Gasteiger partial charge is 0.497 e. The molecule has 110 valence electrons. The molecule has 0 bridgehead atoms. The van der Waals surface area contributed by atoms with E-state index in [1.54, 1.807) is 31.4 Å². The number of benzene rings is 2. The zero-order valence-corrected chi connectivity index (χ0v) is 12.5. The van der Waals surface area contributed by atoms with E-state index in [1.165, 1.54) is 0 Å². The number of amides is 1. The molecule has 0 aliphatic carbocycles. The van der Waals surface area contributed by atoms with Crippen molar-refractivity contribution in [2.24, 2.45) is 5.73 Å². The van der Waals surface area contributed by atoms with Crippen LogP contribution in [0.4, 0.5) is 5.69 Å². The predicted molar refractivity (Wildman–Crippen MR) is 85.2 cm³/mol. The molecule has 2 rings (SSSR count). The fraction of sp³-hybridized carbons (Fsp3) is 0.188. The van der Waals surface area contributed by atoms with E-state index in [4.69, 9.17) is 22.1 Å². The Labute approximate surface area is 128 Å². The number of carbonyl (C=O) groups excluding carboxylic acids is 1. The number of nitrogens with one attached hydrogen (secondary N) is 1. The molecular formula is C16H17ClN2O2. The lowest BCUT2D eigenvalue weighted by atomic mass is 10.0. The van der Waals surface area contributed by atoms with Crippen LogP contribution in [0.15, 0.2) is 42.5 Å². The molecule has 0 aromatic heterocycles. The van der Waals surface area contributed by atoms with Gasteiger partial charge in [-0.2, -0.15) is 0 Å². The van der Waals surface area contributed by atoms with Gasteiger partial charge in [0.05, 0.1) is 17.8 Å². The van der Waals surface area contributed by atoms with Crippen molar-refractivity contribution in [1.29, 1.82) is 0 Å². The molecule has 0 atom stereocenters. The minimum atomic E-state index is -0.214. The van der Waals surface area contributed by atoms with Crippen LogP contribution in [0.25, 0.3) is 0 Å². The van der Waals surface area contributed by atoms with Crippen LogP contribution in [-0.2, 0) is 6.42 Å². The first kappa shape index (κ1) is 15.4. The van der Waals surface area contributed by atoms with Gasteiger partial charge in [-0.3, -0.25) is 4.79 Å². The van der Waals surface area contributed by atoms with Crippen LogP contribution < -0.4 is 15.8 Å². The second-order valence-electron chi connectivity index (χ2n) is 4.50. The smallest absolute Gasteiger partial charge is 0.255 e. The molecule has 0 spiro atoms. The van der Waals surface area contributed by atoms with E-state index < -0.39 is 0 Å². The van der Waals surface area contributed by atoms with Crippen LogP contribution in [0.1, 0.15) is 15.9 Å². The van der Waals surface area contributed by atoms with E-state index in [-0.39, 0.29) is 5.91 Å². The third kappa shape index (κ3) is 3.74. The summed E-state index contributed by atoms with van der Waals surface area (Å²) in [6.07, 6.45) is 0.648. The molecule has 0 radical (unpaired) electrons. The predicted octanol–water partition coefficient (Wildman–Crippen LogP) is 3.10. The van der Waals surface area contributed by atoms with Crippen LogP contribution >= 0.6 is 11.6 Å². The lowest BCUT2D eigenvalue weighted by molar-refractivity contribution is 0.102. The fourth-order valence-electron chi connectivity index (χ4n) is 2.03. The van der Waals surface area contributed by atoms with E-state index in [0.717, 1.165) is 5.56 Å². The van der Waals surface area contributed by atoms with Crippen LogP contribution in [0.3, 0.4) is 0 Å². The van der Waals surface area contributed by atoms with Gasteiger partial charge >= 0.3 is 0 Å². The Kier molecular flexibility index (Phi) is 5.20. The molecule has 0 fully saturated rings. The normalized spacial score (nSPS) is 10.2. The van der Waals surface area contributed by atoms with E-state index in [0.29, 0.717) is 35.0 Å².